The van der Waals surface area contributed by atoms with Gasteiger partial charge in [-0.2, -0.15) is 0 Å². The molecule has 0 saturated heterocycles. The van der Waals surface area contributed by atoms with Gasteiger partial charge in [0.2, 0.25) is 0 Å². The molecule has 0 atom stereocenters. The Balaban J connectivity index is 1.72. The van der Waals surface area contributed by atoms with Gasteiger partial charge in [0.05, 0.1) is 19.2 Å². The van der Waals surface area contributed by atoms with E-state index in [0.29, 0.717) is 25.3 Å². The van der Waals surface area contributed by atoms with Crippen molar-refractivity contribution < 1.29 is 19.1 Å². The molecule has 0 heterocycles. The first-order valence-electron chi connectivity index (χ1n) is 8.35. The Kier molecular flexibility index (Phi) is 7.02. The zero-order chi connectivity index (χ0) is 18.9. The molecule has 0 radical (unpaired) electrons. The van der Waals surface area contributed by atoms with Crippen LogP contribution < -0.4 is 10.1 Å². The molecule has 2 aromatic carbocycles. The first-order chi connectivity index (χ1) is 12.5. The van der Waals surface area contributed by atoms with Gasteiger partial charge in [-0.3, -0.25) is 0 Å². The second-order valence-corrected chi connectivity index (χ2v) is 5.93. The van der Waals surface area contributed by atoms with Crippen molar-refractivity contribution in [3.05, 3.63) is 65.2 Å². The predicted molar refractivity (Wildman–Crippen MR) is 99.3 cm³/mol. The maximum absolute atomic E-state index is 12.1. The number of urea groups is 1. The third kappa shape index (κ3) is 5.81. The Labute approximate surface area is 153 Å². The second kappa shape index (κ2) is 9.46. The van der Waals surface area contributed by atoms with E-state index in [2.05, 4.69) is 10.1 Å². The van der Waals surface area contributed by atoms with Gasteiger partial charge in [0.25, 0.3) is 0 Å². The summed E-state index contributed by atoms with van der Waals surface area (Å²) in [5.74, 6) is 0.406. The number of aryl methyl sites for hydroxylation is 1. The summed E-state index contributed by atoms with van der Waals surface area (Å²) in [7, 11) is 3.06. The second-order valence-electron chi connectivity index (χ2n) is 5.93. The summed E-state index contributed by atoms with van der Waals surface area (Å²) in [6, 6.07) is 14.5. The number of nitrogens with zero attached hydrogens (tertiary/aromatic N) is 1. The van der Waals surface area contributed by atoms with Gasteiger partial charge in [0.1, 0.15) is 12.4 Å². The van der Waals surface area contributed by atoms with E-state index >= 15 is 0 Å². The van der Waals surface area contributed by atoms with E-state index in [1.807, 2.05) is 31.2 Å². The van der Waals surface area contributed by atoms with Crippen molar-refractivity contribution in [2.75, 3.05) is 27.3 Å². The number of rotatable bonds is 7. The first-order valence-corrected chi connectivity index (χ1v) is 8.35. The van der Waals surface area contributed by atoms with Crippen molar-refractivity contribution in [2.24, 2.45) is 0 Å². The average molecular weight is 356 g/mol. The SMILES string of the molecule is COC(=O)c1ccc(CNC(=O)N(C)CCOc2ccc(C)cc2)cc1. The summed E-state index contributed by atoms with van der Waals surface area (Å²) >= 11 is 0. The zero-order valence-corrected chi connectivity index (χ0v) is 15.3. The number of hydrogen-bond acceptors (Lipinski definition) is 4. The Hall–Kier alpha value is -3.02. The van der Waals surface area contributed by atoms with Crippen molar-refractivity contribution in [3.8, 4) is 5.75 Å². The number of esters is 1. The van der Waals surface area contributed by atoms with Crippen LogP contribution in [0.25, 0.3) is 0 Å². The van der Waals surface area contributed by atoms with E-state index in [1.165, 1.54) is 12.7 Å². The lowest BCUT2D eigenvalue weighted by Crippen LogP contribution is -2.39. The van der Waals surface area contributed by atoms with E-state index in [-0.39, 0.29) is 12.0 Å². The highest BCUT2D eigenvalue weighted by atomic mass is 16.5. The van der Waals surface area contributed by atoms with Crippen molar-refractivity contribution in [1.29, 1.82) is 0 Å². The molecule has 6 heteroatoms. The van der Waals surface area contributed by atoms with Gasteiger partial charge in [-0.05, 0) is 36.8 Å². The Morgan fingerprint density at radius 2 is 1.69 bits per heavy atom. The molecule has 0 unspecified atom stereocenters. The fraction of sp³-hybridized carbons (Fsp3) is 0.300. The summed E-state index contributed by atoms with van der Waals surface area (Å²) in [5.41, 5.74) is 2.55. The lowest BCUT2D eigenvalue weighted by atomic mass is 10.1. The van der Waals surface area contributed by atoms with E-state index in [1.54, 1.807) is 36.2 Å². The molecule has 0 aliphatic carbocycles. The van der Waals surface area contributed by atoms with Crippen molar-refractivity contribution >= 4 is 12.0 Å². The highest BCUT2D eigenvalue weighted by Crippen LogP contribution is 2.11. The number of ether oxygens (including phenoxy) is 2. The molecule has 0 fully saturated rings. The monoisotopic (exact) mass is 356 g/mol. The van der Waals surface area contributed by atoms with E-state index in [0.717, 1.165) is 11.3 Å². The highest BCUT2D eigenvalue weighted by Gasteiger charge is 2.09. The van der Waals surface area contributed by atoms with Crippen molar-refractivity contribution in [1.82, 2.24) is 10.2 Å². The minimum atomic E-state index is -0.381. The average Bonchev–Trinajstić information content (AvgIpc) is 2.67. The highest BCUT2D eigenvalue weighted by molar-refractivity contribution is 5.89. The molecule has 2 aromatic rings. The molecule has 0 aliphatic heterocycles. The maximum Gasteiger partial charge on any atom is 0.337 e. The summed E-state index contributed by atoms with van der Waals surface area (Å²) in [6.07, 6.45) is 0. The summed E-state index contributed by atoms with van der Waals surface area (Å²) in [6.45, 7) is 3.29. The number of likely N-dealkylation sites (N-methyl/N-ethyl adjacent to an activating group) is 1. The van der Waals surface area contributed by atoms with Crippen LogP contribution in [-0.2, 0) is 11.3 Å². The molecule has 0 spiro atoms. The molecule has 0 aromatic heterocycles. The van der Waals surface area contributed by atoms with Gasteiger partial charge in [-0.15, -0.1) is 0 Å². The Morgan fingerprint density at radius 1 is 1.04 bits per heavy atom. The normalized spacial score (nSPS) is 10.1. The molecule has 0 bridgehead atoms. The number of nitrogens with one attached hydrogen (secondary N) is 1. The van der Waals surface area contributed by atoms with Crippen LogP contribution in [0.15, 0.2) is 48.5 Å². The number of hydrogen-bond donors (Lipinski definition) is 1. The molecule has 1 N–H and O–H groups in total. The molecule has 0 aliphatic rings. The van der Waals surface area contributed by atoms with E-state index < -0.39 is 0 Å². The molecule has 26 heavy (non-hydrogen) atoms. The topological polar surface area (TPSA) is 67.9 Å². The molecule has 2 rings (SSSR count). The smallest absolute Gasteiger partial charge is 0.337 e. The van der Waals surface area contributed by atoms with E-state index in [4.69, 9.17) is 4.74 Å². The van der Waals surface area contributed by atoms with Crippen LogP contribution in [-0.4, -0.2) is 44.2 Å². The summed E-state index contributed by atoms with van der Waals surface area (Å²) in [4.78, 5) is 25.1. The van der Waals surface area contributed by atoms with Gasteiger partial charge in [0, 0.05) is 13.6 Å². The van der Waals surface area contributed by atoms with Crippen LogP contribution in [0.4, 0.5) is 4.79 Å². The summed E-state index contributed by atoms with van der Waals surface area (Å²) in [5, 5.41) is 2.83. The van der Waals surface area contributed by atoms with Crippen LogP contribution in [0.3, 0.4) is 0 Å². The molecule has 0 saturated carbocycles. The van der Waals surface area contributed by atoms with Crippen LogP contribution in [0, 0.1) is 6.92 Å². The number of carbonyl (C=O) groups is 2. The summed E-state index contributed by atoms with van der Waals surface area (Å²) < 4.78 is 10.3. The van der Waals surface area contributed by atoms with Crippen LogP contribution >= 0.6 is 0 Å². The Morgan fingerprint density at radius 3 is 2.31 bits per heavy atom. The maximum atomic E-state index is 12.1. The van der Waals surface area contributed by atoms with Gasteiger partial charge < -0.3 is 19.7 Å². The van der Waals surface area contributed by atoms with E-state index in [9.17, 15) is 9.59 Å². The lowest BCUT2D eigenvalue weighted by Gasteiger charge is -2.18. The van der Waals surface area contributed by atoms with Gasteiger partial charge in [-0.1, -0.05) is 29.8 Å². The lowest BCUT2D eigenvalue weighted by molar-refractivity contribution is 0.0600. The molecule has 6 nitrogen and oxygen atoms in total. The first kappa shape index (κ1) is 19.3. The van der Waals surface area contributed by atoms with Crippen LogP contribution in [0.2, 0.25) is 0 Å². The fourth-order valence-corrected chi connectivity index (χ4v) is 2.23. The molecule has 2 amide bonds. The molecular weight excluding hydrogens is 332 g/mol. The predicted octanol–water partition coefficient (Wildman–Crippen LogP) is 3.00. The largest absolute Gasteiger partial charge is 0.492 e. The number of amides is 2. The number of benzene rings is 2. The minimum Gasteiger partial charge on any atom is -0.492 e. The third-order valence-electron chi connectivity index (χ3n) is 3.88. The zero-order valence-electron chi connectivity index (χ0n) is 15.3. The standard InChI is InChI=1S/C20H24N2O4/c1-15-4-10-18(11-5-15)26-13-12-22(2)20(24)21-14-16-6-8-17(9-7-16)19(23)25-3/h4-11H,12-14H2,1-3H3,(H,21,24). The van der Waals surface area contributed by atoms with Gasteiger partial charge in [0.15, 0.2) is 0 Å². The molecule has 138 valence electrons. The van der Waals surface area contributed by atoms with Crippen LogP contribution in [0.5, 0.6) is 5.75 Å². The Bertz CT molecular complexity index is 726. The third-order valence-corrected chi connectivity index (χ3v) is 3.88. The van der Waals surface area contributed by atoms with Gasteiger partial charge in [-0.25, -0.2) is 9.59 Å². The quantitative estimate of drug-likeness (QED) is 0.775. The van der Waals surface area contributed by atoms with Crippen LogP contribution in [0.1, 0.15) is 21.5 Å². The van der Waals surface area contributed by atoms with Gasteiger partial charge >= 0.3 is 12.0 Å². The van der Waals surface area contributed by atoms with Crippen molar-refractivity contribution in [2.45, 2.75) is 13.5 Å². The van der Waals surface area contributed by atoms with Crippen molar-refractivity contribution in [3.63, 3.8) is 0 Å². The minimum absolute atomic E-state index is 0.186. The number of carbonyl (C=O) groups excluding carboxylic acids is 2. The fourth-order valence-electron chi connectivity index (χ4n) is 2.23. The molecular formula is C20H24N2O4. The number of methoxy groups -OCH3 is 1.